The maximum atomic E-state index is 12.0. The number of para-hydroxylation sites is 1. The number of amides is 1. The number of carbonyl (C=O) groups excluding carboxylic acids is 1. The van der Waals surface area contributed by atoms with Crippen molar-refractivity contribution >= 4 is 11.8 Å². The molecule has 1 fully saturated rings. The molecule has 1 aromatic rings. The Morgan fingerprint density at radius 3 is 2.62 bits per heavy atom. The number of hydrogen-bond donors (Lipinski definition) is 2. The largest absolute Gasteiger partial charge is 0.444 e. The maximum Gasteiger partial charge on any atom is 0.407 e. The molecule has 134 valence electrons. The van der Waals surface area contributed by atoms with E-state index in [0.29, 0.717) is 13.0 Å². The summed E-state index contributed by atoms with van der Waals surface area (Å²) in [6.45, 7) is 9.13. The van der Waals surface area contributed by atoms with Crippen LogP contribution in [0.2, 0.25) is 0 Å². The molecule has 0 saturated carbocycles. The molecule has 0 bridgehead atoms. The fraction of sp³-hybridized carbons (Fsp3) is 0.611. The lowest BCUT2D eigenvalue weighted by atomic mass is 10.0. The van der Waals surface area contributed by atoms with Gasteiger partial charge in [-0.05, 0) is 38.8 Å². The van der Waals surface area contributed by atoms with Crippen molar-refractivity contribution in [2.75, 3.05) is 37.7 Å². The van der Waals surface area contributed by atoms with Crippen LogP contribution in [-0.4, -0.2) is 50.6 Å². The van der Waals surface area contributed by atoms with Gasteiger partial charge in [-0.15, -0.1) is 0 Å². The first kappa shape index (κ1) is 18.5. The summed E-state index contributed by atoms with van der Waals surface area (Å²) in [6, 6.07) is 8.08. The molecule has 1 amide bonds. The highest BCUT2D eigenvalue weighted by Gasteiger charge is 2.21. The van der Waals surface area contributed by atoms with Crippen LogP contribution in [0.5, 0.6) is 0 Å². The Hall–Kier alpha value is -1.79. The third kappa shape index (κ3) is 5.69. The summed E-state index contributed by atoms with van der Waals surface area (Å²) in [5, 5.41) is 2.87. The first-order chi connectivity index (χ1) is 11.4. The van der Waals surface area contributed by atoms with Crippen molar-refractivity contribution in [3.63, 3.8) is 0 Å². The van der Waals surface area contributed by atoms with Gasteiger partial charge in [-0.2, -0.15) is 0 Å². The van der Waals surface area contributed by atoms with Crippen molar-refractivity contribution in [3.8, 4) is 0 Å². The summed E-state index contributed by atoms with van der Waals surface area (Å²) in [5.41, 5.74) is 7.70. The molecule has 1 saturated heterocycles. The maximum absolute atomic E-state index is 12.0. The van der Waals surface area contributed by atoms with Crippen molar-refractivity contribution in [1.82, 2.24) is 5.32 Å². The van der Waals surface area contributed by atoms with E-state index in [4.69, 9.17) is 15.2 Å². The molecule has 3 N–H and O–H groups in total. The number of rotatable bonds is 5. The first-order valence-electron chi connectivity index (χ1n) is 8.49. The van der Waals surface area contributed by atoms with E-state index >= 15 is 0 Å². The molecule has 0 spiro atoms. The number of nitrogens with two attached hydrogens (primary N) is 1. The van der Waals surface area contributed by atoms with Gasteiger partial charge in [0.25, 0.3) is 0 Å². The van der Waals surface area contributed by atoms with Gasteiger partial charge in [0.15, 0.2) is 0 Å². The zero-order chi connectivity index (χ0) is 17.6. The van der Waals surface area contributed by atoms with Crippen molar-refractivity contribution in [1.29, 1.82) is 0 Å². The Balaban J connectivity index is 2.03. The standard InChI is InChI=1S/C18H29N3O3/c1-18(2,3)24-17(22)20-15(13-19)12-14-6-4-5-7-16(14)21-8-10-23-11-9-21/h4-7,15H,8-13,19H2,1-3H3,(H,20,22). The average molecular weight is 335 g/mol. The second-order valence-corrected chi connectivity index (χ2v) is 7.01. The van der Waals surface area contributed by atoms with Gasteiger partial charge in [-0.25, -0.2) is 4.79 Å². The SMILES string of the molecule is CC(C)(C)OC(=O)NC(CN)Cc1ccccc1N1CCOCC1. The summed E-state index contributed by atoms with van der Waals surface area (Å²) < 4.78 is 10.7. The normalized spacial score (nSPS) is 16.6. The minimum absolute atomic E-state index is 0.165. The monoisotopic (exact) mass is 335 g/mol. The van der Waals surface area contributed by atoms with Crippen molar-refractivity contribution in [2.24, 2.45) is 5.73 Å². The summed E-state index contributed by atoms with van der Waals surface area (Å²) in [7, 11) is 0. The molecule has 2 rings (SSSR count). The fourth-order valence-electron chi connectivity index (χ4n) is 2.73. The van der Waals surface area contributed by atoms with Gasteiger partial charge in [-0.1, -0.05) is 18.2 Å². The lowest BCUT2D eigenvalue weighted by Gasteiger charge is -2.31. The highest BCUT2D eigenvalue weighted by molar-refractivity contribution is 5.68. The zero-order valence-corrected chi connectivity index (χ0v) is 14.9. The summed E-state index contributed by atoms with van der Waals surface area (Å²) in [4.78, 5) is 14.3. The molecule has 1 heterocycles. The van der Waals surface area contributed by atoms with Crippen LogP contribution >= 0.6 is 0 Å². The van der Waals surface area contributed by atoms with E-state index in [2.05, 4.69) is 22.3 Å². The van der Waals surface area contributed by atoms with Gasteiger partial charge in [0.05, 0.1) is 13.2 Å². The Morgan fingerprint density at radius 2 is 2.00 bits per heavy atom. The van der Waals surface area contributed by atoms with Crippen LogP contribution in [0.4, 0.5) is 10.5 Å². The zero-order valence-electron chi connectivity index (χ0n) is 14.9. The van der Waals surface area contributed by atoms with E-state index in [1.54, 1.807) is 0 Å². The molecule has 0 radical (unpaired) electrons. The number of nitrogens with zero attached hydrogens (tertiary/aromatic N) is 1. The Kier molecular flexibility index (Phi) is 6.45. The van der Waals surface area contributed by atoms with Gasteiger partial charge in [-0.3, -0.25) is 0 Å². The molecule has 0 aliphatic carbocycles. The number of anilines is 1. The Bertz CT molecular complexity index is 537. The number of hydrogen-bond acceptors (Lipinski definition) is 5. The smallest absolute Gasteiger partial charge is 0.407 e. The Labute approximate surface area is 144 Å². The molecule has 1 aliphatic rings. The highest BCUT2D eigenvalue weighted by Crippen LogP contribution is 2.22. The van der Waals surface area contributed by atoms with Crippen molar-refractivity contribution in [2.45, 2.75) is 38.8 Å². The van der Waals surface area contributed by atoms with E-state index in [-0.39, 0.29) is 6.04 Å². The van der Waals surface area contributed by atoms with E-state index in [1.807, 2.05) is 32.9 Å². The van der Waals surface area contributed by atoms with Gasteiger partial charge in [0.2, 0.25) is 0 Å². The Morgan fingerprint density at radius 1 is 1.33 bits per heavy atom. The van der Waals surface area contributed by atoms with Gasteiger partial charge in [0, 0.05) is 31.4 Å². The number of alkyl carbamates (subject to hydrolysis) is 1. The topological polar surface area (TPSA) is 76.8 Å². The molecular weight excluding hydrogens is 306 g/mol. The van der Waals surface area contributed by atoms with Gasteiger partial charge >= 0.3 is 6.09 Å². The number of morpholine rings is 1. The van der Waals surface area contributed by atoms with Crippen LogP contribution in [0.3, 0.4) is 0 Å². The van der Waals surface area contributed by atoms with E-state index in [1.165, 1.54) is 11.3 Å². The lowest BCUT2D eigenvalue weighted by molar-refractivity contribution is 0.0506. The number of ether oxygens (including phenoxy) is 2. The van der Waals surface area contributed by atoms with Crippen LogP contribution in [0, 0.1) is 0 Å². The minimum Gasteiger partial charge on any atom is -0.444 e. The van der Waals surface area contributed by atoms with Crippen LogP contribution < -0.4 is 16.0 Å². The molecule has 1 atom stereocenters. The molecule has 1 aromatic carbocycles. The molecule has 6 heteroatoms. The fourth-order valence-corrected chi connectivity index (χ4v) is 2.73. The van der Waals surface area contributed by atoms with Crippen LogP contribution in [-0.2, 0) is 15.9 Å². The van der Waals surface area contributed by atoms with Gasteiger partial charge < -0.3 is 25.4 Å². The molecule has 1 unspecified atom stereocenters. The summed E-state index contributed by atoms with van der Waals surface area (Å²) >= 11 is 0. The third-order valence-corrected chi connectivity index (χ3v) is 3.82. The third-order valence-electron chi connectivity index (χ3n) is 3.82. The van der Waals surface area contributed by atoms with Crippen molar-refractivity contribution in [3.05, 3.63) is 29.8 Å². The quantitative estimate of drug-likeness (QED) is 0.860. The molecule has 0 aromatic heterocycles. The first-order valence-corrected chi connectivity index (χ1v) is 8.49. The predicted molar refractivity (Wildman–Crippen MR) is 95.4 cm³/mol. The minimum atomic E-state index is -0.519. The average Bonchev–Trinajstić information content (AvgIpc) is 2.53. The number of nitrogens with one attached hydrogen (secondary N) is 1. The lowest BCUT2D eigenvalue weighted by Crippen LogP contribution is -2.44. The number of benzene rings is 1. The number of carbonyl (C=O) groups is 1. The van der Waals surface area contributed by atoms with E-state index in [0.717, 1.165) is 26.3 Å². The van der Waals surface area contributed by atoms with E-state index in [9.17, 15) is 4.79 Å². The van der Waals surface area contributed by atoms with Crippen LogP contribution in [0.15, 0.2) is 24.3 Å². The van der Waals surface area contributed by atoms with E-state index < -0.39 is 11.7 Å². The second kappa shape index (κ2) is 8.35. The molecule has 1 aliphatic heterocycles. The molecule has 24 heavy (non-hydrogen) atoms. The summed E-state index contributed by atoms with van der Waals surface area (Å²) in [6.07, 6.45) is 0.241. The highest BCUT2D eigenvalue weighted by atomic mass is 16.6. The van der Waals surface area contributed by atoms with Crippen LogP contribution in [0.25, 0.3) is 0 Å². The van der Waals surface area contributed by atoms with Gasteiger partial charge in [0.1, 0.15) is 5.60 Å². The summed E-state index contributed by atoms with van der Waals surface area (Å²) in [5.74, 6) is 0. The second-order valence-electron chi connectivity index (χ2n) is 7.01. The molecule has 6 nitrogen and oxygen atoms in total. The molecular formula is C18H29N3O3. The van der Waals surface area contributed by atoms with Crippen LogP contribution in [0.1, 0.15) is 26.3 Å². The van der Waals surface area contributed by atoms with Crippen molar-refractivity contribution < 1.29 is 14.3 Å². The predicted octanol–water partition coefficient (Wildman–Crippen LogP) is 1.92.